The van der Waals surface area contributed by atoms with Crippen molar-refractivity contribution in [3.63, 3.8) is 0 Å². The van der Waals surface area contributed by atoms with E-state index >= 15 is 0 Å². The Morgan fingerprint density at radius 2 is 2.00 bits per heavy atom. The second kappa shape index (κ2) is 8.57. The van der Waals surface area contributed by atoms with E-state index < -0.39 is 5.60 Å². The van der Waals surface area contributed by atoms with Crippen molar-refractivity contribution >= 4 is 40.1 Å². The van der Waals surface area contributed by atoms with Gasteiger partial charge in [0.15, 0.2) is 11.2 Å². The highest BCUT2D eigenvalue weighted by atomic mass is 16.6. The minimum absolute atomic E-state index is 0.108. The van der Waals surface area contributed by atoms with Crippen LogP contribution in [0.1, 0.15) is 33.6 Å². The van der Waals surface area contributed by atoms with E-state index in [0.29, 0.717) is 46.7 Å². The van der Waals surface area contributed by atoms with Crippen LogP contribution in [-0.2, 0) is 11.3 Å². The Kier molecular flexibility index (Phi) is 5.79. The molecule has 1 aromatic carbocycles. The molecule has 0 spiro atoms. The predicted molar refractivity (Wildman–Crippen MR) is 125 cm³/mol. The Balaban J connectivity index is 1.52. The van der Waals surface area contributed by atoms with Gasteiger partial charge in [0.25, 0.3) is 6.01 Å². The second-order valence-corrected chi connectivity index (χ2v) is 8.87. The first-order chi connectivity index (χ1) is 15.6. The molecule has 0 aliphatic carbocycles. The van der Waals surface area contributed by atoms with E-state index in [1.165, 1.54) is 6.33 Å². The molecule has 33 heavy (non-hydrogen) atoms. The molecule has 3 heterocycles. The summed E-state index contributed by atoms with van der Waals surface area (Å²) in [5.41, 5.74) is 14.7. The Morgan fingerprint density at radius 1 is 1.21 bits per heavy atom. The zero-order chi connectivity index (χ0) is 23.8. The number of unbranched alkanes of at least 4 members (excludes halogenated alkanes) is 1. The number of carbonyl (C=O) groups excluding carboxylic acids is 1. The molecule has 4 aromatic rings. The molecule has 0 aliphatic heterocycles. The third-order valence-electron chi connectivity index (χ3n) is 5.05. The molecule has 3 aromatic heterocycles. The number of nitrogen functional groups attached to an aromatic ring is 2. The summed E-state index contributed by atoms with van der Waals surface area (Å²) in [6, 6.07) is 5.63. The number of hydrogen-bond donors (Lipinski definition) is 2. The fourth-order valence-electron chi connectivity index (χ4n) is 3.52. The van der Waals surface area contributed by atoms with Crippen molar-refractivity contribution in [2.24, 2.45) is 0 Å². The number of nitrogens with zero attached hydrogens (tertiary/aromatic N) is 6. The Morgan fingerprint density at radius 3 is 2.76 bits per heavy atom. The quantitative estimate of drug-likeness (QED) is 0.419. The summed E-state index contributed by atoms with van der Waals surface area (Å²) in [7, 11) is 1.73. The van der Waals surface area contributed by atoms with Gasteiger partial charge < -0.3 is 25.5 Å². The van der Waals surface area contributed by atoms with E-state index in [1.54, 1.807) is 18.0 Å². The smallest absolute Gasteiger partial charge is 0.410 e. The normalized spacial score (nSPS) is 11.9. The molecule has 0 fully saturated rings. The van der Waals surface area contributed by atoms with Crippen molar-refractivity contribution in [1.82, 2.24) is 29.6 Å². The zero-order valence-electron chi connectivity index (χ0n) is 19.2. The first-order valence-electron chi connectivity index (χ1n) is 10.7. The van der Waals surface area contributed by atoms with Crippen molar-refractivity contribution in [3.8, 4) is 11.3 Å². The van der Waals surface area contributed by atoms with Crippen molar-refractivity contribution in [2.75, 3.05) is 25.1 Å². The number of oxazole rings is 1. The number of aryl methyl sites for hydroxylation is 1. The van der Waals surface area contributed by atoms with Gasteiger partial charge in [-0.3, -0.25) is 0 Å². The van der Waals surface area contributed by atoms with Gasteiger partial charge in [-0.2, -0.15) is 10.1 Å². The zero-order valence-corrected chi connectivity index (χ0v) is 19.2. The lowest BCUT2D eigenvalue weighted by molar-refractivity contribution is 0.0296. The molecule has 0 atom stereocenters. The molecule has 0 unspecified atom stereocenters. The summed E-state index contributed by atoms with van der Waals surface area (Å²) in [4.78, 5) is 26.4. The lowest BCUT2D eigenvalue weighted by Crippen LogP contribution is -2.34. The SMILES string of the molecule is CN(CCCCn1nc(-c2ccc3oc(N)nc3c2)c2c(N)ncnc21)C(=O)OC(C)(C)C. The van der Waals surface area contributed by atoms with Crippen molar-refractivity contribution < 1.29 is 13.9 Å². The lowest BCUT2D eigenvalue weighted by atomic mass is 10.1. The molecular formula is C22H28N8O3. The van der Waals surface area contributed by atoms with Crippen molar-refractivity contribution in [1.29, 1.82) is 0 Å². The summed E-state index contributed by atoms with van der Waals surface area (Å²) >= 11 is 0. The molecule has 4 rings (SSSR count). The van der Waals surface area contributed by atoms with E-state index in [9.17, 15) is 4.79 Å². The number of ether oxygens (including phenoxy) is 1. The van der Waals surface area contributed by atoms with Crippen LogP contribution in [0.4, 0.5) is 16.6 Å². The van der Waals surface area contributed by atoms with Gasteiger partial charge in [-0.1, -0.05) is 0 Å². The van der Waals surface area contributed by atoms with Crippen LogP contribution in [0.5, 0.6) is 0 Å². The average Bonchev–Trinajstić information content (AvgIpc) is 3.29. The maximum atomic E-state index is 12.1. The number of anilines is 2. The largest absolute Gasteiger partial charge is 0.444 e. The van der Waals surface area contributed by atoms with Gasteiger partial charge in [-0.25, -0.2) is 19.4 Å². The Bertz CT molecular complexity index is 1300. The highest BCUT2D eigenvalue weighted by molar-refractivity contribution is 5.99. The number of carbonyl (C=O) groups is 1. The molecule has 0 saturated heterocycles. The van der Waals surface area contributed by atoms with Crippen LogP contribution < -0.4 is 11.5 Å². The van der Waals surface area contributed by atoms with Crippen LogP contribution in [0, 0.1) is 0 Å². The fraction of sp³-hybridized carbons (Fsp3) is 0.409. The van der Waals surface area contributed by atoms with Gasteiger partial charge in [-0.05, 0) is 51.8 Å². The maximum Gasteiger partial charge on any atom is 0.410 e. The summed E-state index contributed by atoms with van der Waals surface area (Å²) < 4.78 is 12.6. The number of fused-ring (bicyclic) bond motifs is 2. The number of amides is 1. The number of benzene rings is 1. The fourth-order valence-corrected chi connectivity index (χ4v) is 3.52. The van der Waals surface area contributed by atoms with Crippen LogP contribution in [0.15, 0.2) is 28.9 Å². The highest BCUT2D eigenvalue weighted by Crippen LogP contribution is 2.32. The van der Waals surface area contributed by atoms with E-state index in [1.807, 2.05) is 37.6 Å². The van der Waals surface area contributed by atoms with Crippen LogP contribution in [-0.4, -0.2) is 54.9 Å². The lowest BCUT2D eigenvalue weighted by Gasteiger charge is -2.24. The monoisotopic (exact) mass is 452 g/mol. The third-order valence-corrected chi connectivity index (χ3v) is 5.05. The molecule has 4 N–H and O–H groups in total. The van der Waals surface area contributed by atoms with E-state index in [2.05, 4.69) is 15.0 Å². The van der Waals surface area contributed by atoms with Gasteiger partial charge in [0.2, 0.25) is 0 Å². The van der Waals surface area contributed by atoms with Crippen LogP contribution in [0.2, 0.25) is 0 Å². The average molecular weight is 453 g/mol. The molecular weight excluding hydrogens is 424 g/mol. The van der Waals surface area contributed by atoms with Gasteiger partial charge >= 0.3 is 6.09 Å². The standard InChI is InChI=1S/C22H28N8O3/c1-22(2,3)33-21(31)29(4)9-5-6-10-30-19-16(18(23)25-12-26-19)17(28-30)13-7-8-15-14(11-13)27-20(24)32-15/h7-8,11-12H,5-6,9-10H2,1-4H3,(H2,24,27)(H2,23,25,26). The van der Waals surface area contributed by atoms with E-state index in [0.717, 1.165) is 18.4 Å². The summed E-state index contributed by atoms with van der Waals surface area (Å²) in [5.74, 6) is 0.352. The van der Waals surface area contributed by atoms with Crippen molar-refractivity contribution in [2.45, 2.75) is 45.8 Å². The molecule has 11 heteroatoms. The topological polar surface area (TPSA) is 151 Å². The molecule has 11 nitrogen and oxygen atoms in total. The first-order valence-corrected chi connectivity index (χ1v) is 10.7. The minimum atomic E-state index is -0.518. The van der Waals surface area contributed by atoms with Gasteiger partial charge in [0.05, 0.1) is 5.39 Å². The molecule has 0 saturated carbocycles. The molecule has 174 valence electrons. The van der Waals surface area contributed by atoms with E-state index in [-0.39, 0.29) is 12.1 Å². The van der Waals surface area contributed by atoms with Gasteiger partial charge in [0.1, 0.15) is 29.0 Å². The van der Waals surface area contributed by atoms with Crippen LogP contribution in [0.25, 0.3) is 33.4 Å². The minimum Gasteiger partial charge on any atom is -0.444 e. The van der Waals surface area contributed by atoms with Crippen LogP contribution >= 0.6 is 0 Å². The highest BCUT2D eigenvalue weighted by Gasteiger charge is 2.20. The number of hydrogen-bond acceptors (Lipinski definition) is 9. The summed E-state index contributed by atoms with van der Waals surface area (Å²) in [5, 5.41) is 5.45. The molecule has 0 bridgehead atoms. The third kappa shape index (κ3) is 4.81. The first kappa shape index (κ1) is 22.3. The number of aromatic nitrogens is 5. The predicted octanol–water partition coefficient (Wildman–Crippen LogP) is 3.45. The van der Waals surface area contributed by atoms with Gasteiger partial charge in [-0.15, -0.1) is 0 Å². The van der Waals surface area contributed by atoms with Crippen LogP contribution in [0.3, 0.4) is 0 Å². The summed E-state index contributed by atoms with van der Waals surface area (Å²) in [6.07, 6.45) is 2.65. The molecule has 0 aliphatic rings. The number of nitrogens with two attached hydrogens (primary N) is 2. The summed E-state index contributed by atoms with van der Waals surface area (Å²) in [6.45, 7) is 6.72. The van der Waals surface area contributed by atoms with Gasteiger partial charge in [0, 0.05) is 25.7 Å². The van der Waals surface area contributed by atoms with Crippen molar-refractivity contribution in [3.05, 3.63) is 24.5 Å². The second-order valence-electron chi connectivity index (χ2n) is 8.87. The maximum absolute atomic E-state index is 12.1. The Labute approximate surface area is 190 Å². The molecule has 1 amide bonds. The Hall–Kier alpha value is -3.89. The van der Waals surface area contributed by atoms with E-state index in [4.69, 9.17) is 25.7 Å². The molecule has 0 radical (unpaired) electrons. The number of rotatable bonds is 6.